The van der Waals surface area contributed by atoms with Crippen LogP contribution in [0.1, 0.15) is 25.8 Å². The Hall–Kier alpha value is -1.32. The number of aryl methyl sites for hydroxylation is 1. The van der Waals surface area contributed by atoms with Gasteiger partial charge in [0.1, 0.15) is 0 Å². The highest BCUT2D eigenvalue weighted by Crippen LogP contribution is 2.37. The van der Waals surface area contributed by atoms with Crippen molar-refractivity contribution in [2.45, 2.75) is 32.0 Å². The molecule has 0 atom stereocenters. The van der Waals surface area contributed by atoms with Gasteiger partial charge in [-0.1, -0.05) is 18.7 Å². The Labute approximate surface area is 161 Å². The Balaban J connectivity index is 1.87. The molecular formula is C16H24BrN5O2S. The van der Waals surface area contributed by atoms with Crippen LogP contribution in [-0.2, 0) is 13.6 Å². The Kier molecular flexibility index (Phi) is 8.50. The molecule has 0 amide bonds. The highest BCUT2D eigenvalue weighted by molar-refractivity contribution is 9.10. The minimum Gasteiger partial charge on any atom is -0.490 e. The highest BCUT2D eigenvalue weighted by atomic mass is 79.9. The number of rotatable bonds is 11. The summed E-state index contributed by atoms with van der Waals surface area (Å²) in [5, 5.41) is 15.6. The van der Waals surface area contributed by atoms with Gasteiger partial charge < -0.3 is 14.8 Å². The second-order valence-corrected chi connectivity index (χ2v) is 7.21. The predicted molar refractivity (Wildman–Crippen MR) is 102 cm³/mol. The first-order valence-corrected chi connectivity index (χ1v) is 10.1. The lowest BCUT2D eigenvalue weighted by molar-refractivity contribution is 0.275. The Morgan fingerprint density at radius 3 is 2.80 bits per heavy atom. The van der Waals surface area contributed by atoms with Crippen LogP contribution in [0.15, 0.2) is 21.8 Å². The van der Waals surface area contributed by atoms with Gasteiger partial charge in [-0.2, -0.15) is 0 Å². The van der Waals surface area contributed by atoms with Crippen molar-refractivity contribution in [3.05, 3.63) is 22.2 Å². The molecule has 1 heterocycles. The van der Waals surface area contributed by atoms with E-state index < -0.39 is 0 Å². The van der Waals surface area contributed by atoms with Crippen LogP contribution in [-0.4, -0.2) is 45.7 Å². The number of benzene rings is 1. The number of ether oxygens (including phenoxy) is 2. The van der Waals surface area contributed by atoms with Crippen LogP contribution < -0.4 is 14.8 Å². The zero-order valence-electron chi connectivity index (χ0n) is 14.8. The van der Waals surface area contributed by atoms with Gasteiger partial charge in [-0.25, -0.2) is 4.68 Å². The zero-order valence-corrected chi connectivity index (χ0v) is 17.2. The maximum atomic E-state index is 5.80. The lowest BCUT2D eigenvalue weighted by Crippen LogP contribution is -2.17. The van der Waals surface area contributed by atoms with E-state index in [2.05, 4.69) is 49.8 Å². The summed E-state index contributed by atoms with van der Waals surface area (Å²) in [6, 6.07) is 4.10. The van der Waals surface area contributed by atoms with E-state index in [1.54, 1.807) is 16.4 Å². The van der Waals surface area contributed by atoms with Crippen molar-refractivity contribution < 1.29 is 9.47 Å². The molecular weight excluding hydrogens is 406 g/mol. The van der Waals surface area contributed by atoms with Gasteiger partial charge in [0.25, 0.3) is 0 Å². The van der Waals surface area contributed by atoms with Gasteiger partial charge >= 0.3 is 0 Å². The molecule has 0 bridgehead atoms. The Morgan fingerprint density at radius 2 is 2.12 bits per heavy atom. The van der Waals surface area contributed by atoms with Crippen LogP contribution in [0.2, 0.25) is 0 Å². The average molecular weight is 430 g/mol. The molecule has 2 rings (SSSR count). The van der Waals surface area contributed by atoms with Gasteiger partial charge in [-0.15, -0.1) is 5.10 Å². The third-order valence-electron chi connectivity index (χ3n) is 3.24. The number of aromatic nitrogens is 4. The molecule has 0 aliphatic carbocycles. The van der Waals surface area contributed by atoms with Crippen molar-refractivity contribution in [2.24, 2.45) is 7.05 Å². The summed E-state index contributed by atoms with van der Waals surface area (Å²) in [5.41, 5.74) is 1.14. The second kappa shape index (κ2) is 10.6. The van der Waals surface area contributed by atoms with E-state index in [0.717, 1.165) is 52.0 Å². The number of halogens is 1. The van der Waals surface area contributed by atoms with Crippen molar-refractivity contribution in [1.82, 2.24) is 25.5 Å². The van der Waals surface area contributed by atoms with E-state index in [9.17, 15) is 0 Å². The van der Waals surface area contributed by atoms with E-state index in [-0.39, 0.29) is 0 Å². The molecule has 1 aromatic carbocycles. The fourth-order valence-corrected chi connectivity index (χ4v) is 3.47. The number of tetrazole rings is 1. The quantitative estimate of drug-likeness (QED) is 0.434. The smallest absolute Gasteiger partial charge is 0.209 e. The van der Waals surface area contributed by atoms with Crippen LogP contribution in [0, 0.1) is 0 Å². The van der Waals surface area contributed by atoms with Crippen molar-refractivity contribution in [3.63, 3.8) is 0 Å². The SMILES string of the molecule is CCCOc1c(Br)cc(CNCCSc2nnnn2C)cc1OCC. The molecule has 0 radical (unpaired) electrons. The molecule has 2 aromatic rings. The molecule has 138 valence electrons. The van der Waals surface area contributed by atoms with Crippen molar-refractivity contribution in [3.8, 4) is 11.5 Å². The lowest BCUT2D eigenvalue weighted by Gasteiger charge is -2.15. The number of thioether (sulfide) groups is 1. The number of nitrogens with one attached hydrogen (secondary N) is 1. The normalized spacial score (nSPS) is 10.9. The molecule has 7 nitrogen and oxygen atoms in total. The monoisotopic (exact) mass is 429 g/mol. The predicted octanol–water partition coefficient (Wildman–Crippen LogP) is 3.04. The first-order valence-electron chi connectivity index (χ1n) is 8.29. The third-order valence-corrected chi connectivity index (χ3v) is 4.84. The second-order valence-electron chi connectivity index (χ2n) is 5.30. The van der Waals surface area contributed by atoms with Crippen LogP contribution in [0.25, 0.3) is 0 Å². The van der Waals surface area contributed by atoms with Gasteiger partial charge in [-0.3, -0.25) is 0 Å². The standard InChI is InChI=1S/C16H24BrN5O2S/c1-4-7-24-15-13(17)9-12(10-14(15)23-5-2)11-18-6-8-25-16-19-20-21-22(16)3/h9-10,18H,4-8,11H2,1-3H3. The van der Waals surface area contributed by atoms with Gasteiger partial charge in [0.05, 0.1) is 17.7 Å². The summed E-state index contributed by atoms with van der Waals surface area (Å²) in [4.78, 5) is 0. The summed E-state index contributed by atoms with van der Waals surface area (Å²) in [7, 11) is 1.84. The van der Waals surface area contributed by atoms with E-state index >= 15 is 0 Å². The first-order chi connectivity index (χ1) is 12.2. The molecule has 0 spiro atoms. The summed E-state index contributed by atoms with van der Waals surface area (Å²) in [6.45, 7) is 6.94. The van der Waals surface area contributed by atoms with E-state index in [1.807, 2.05) is 20.0 Å². The summed E-state index contributed by atoms with van der Waals surface area (Å²) in [6.07, 6.45) is 0.958. The summed E-state index contributed by atoms with van der Waals surface area (Å²) < 4.78 is 14.1. The summed E-state index contributed by atoms with van der Waals surface area (Å²) in [5.74, 6) is 2.45. The number of hydrogen-bond acceptors (Lipinski definition) is 7. The van der Waals surface area contributed by atoms with Crippen LogP contribution in [0.3, 0.4) is 0 Å². The molecule has 0 fully saturated rings. The highest BCUT2D eigenvalue weighted by Gasteiger charge is 2.12. The lowest BCUT2D eigenvalue weighted by atomic mass is 10.2. The molecule has 0 saturated carbocycles. The molecule has 0 unspecified atom stereocenters. The molecule has 0 aliphatic heterocycles. The van der Waals surface area contributed by atoms with Crippen molar-refractivity contribution in [2.75, 3.05) is 25.5 Å². The van der Waals surface area contributed by atoms with Crippen LogP contribution in [0.4, 0.5) is 0 Å². The van der Waals surface area contributed by atoms with Crippen molar-refractivity contribution >= 4 is 27.7 Å². The summed E-state index contributed by atoms with van der Waals surface area (Å²) >= 11 is 5.22. The molecule has 0 aliphatic rings. The van der Waals surface area contributed by atoms with E-state index in [4.69, 9.17) is 9.47 Å². The van der Waals surface area contributed by atoms with Crippen LogP contribution in [0.5, 0.6) is 11.5 Å². The fourth-order valence-electron chi connectivity index (χ4n) is 2.12. The third kappa shape index (κ3) is 6.16. The van der Waals surface area contributed by atoms with Gasteiger partial charge in [0, 0.05) is 25.9 Å². The average Bonchev–Trinajstić information content (AvgIpc) is 2.99. The minimum absolute atomic E-state index is 0.605. The molecule has 1 N–H and O–H groups in total. The topological polar surface area (TPSA) is 74.1 Å². The first kappa shape index (κ1) is 20.0. The van der Waals surface area contributed by atoms with Gasteiger partial charge in [-0.05, 0) is 57.4 Å². The Bertz CT molecular complexity index is 668. The number of nitrogens with zero attached hydrogens (tertiary/aromatic N) is 4. The van der Waals surface area contributed by atoms with Crippen molar-refractivity contribution in [1.29, 1.82) is 0 Å². The van der Waals surface area contributed by atoms with Crippen LogP contribution >= 0.6 is 27.7 Å². The van der Waals surface area contributed by atoms with Gasteiger partial charge in [0.2, 0.25) is 5.16 Å². The molecule has 1 aromatic heterocycles. The largest absolute Gasteiger partial charge is 0.490 e. The zero-order chi connectivity index (χ0) is 18.1. The van der Waals surface area contributed by atoms with E-state index in [1.165, 1.54) is 0 Å². The Morgan fingerprint density at radius 1 is 1.28 bits per heavy atom. The molecule has 25 heavy (non-hydrogen) atoms. The van der Waals surface area contributed by atoms with Gasteiger partial charge in [0.15, 0.2) is 11.5 Å². The minimum atomic E-state index is 0.605. The molecule has 9 heteroatoms. The maximum absolute atomic E-state index is 5.80. The molecule has 0 saturated heterocycles. The fraction of sp³-hybridized carbons (Fsp3) is 0.562. The number of hydrogen-bond donors (Lipinski definition) is 1. The van der Waals surface area contributed by atoms with E-state index in [0.29, 0.717) is 13.2 Å². The maximum Gasteiger partial charge on any atom is 0.209 e.